The number of nitrogens with zero attached hydrogens (tertiary/aromatic N) is 3. The Morgan fingerprint density at radius 2 is 2.44 bits per heavy atom. The van der Waals surface area contributed by atoms with Crippen LogP contribution in [0.15, 0.2) is 18.5 Å². The van der Waals surface area contributed by atoms with Gasteiger partial charge in [0.25, 0.3) is 0 Å². The zero-order valence-electron chi connectivity index (χ0n) is 8.43. The number of fused-ring (bicyclic) bond motifs is 1. The number of hydrogen-bond acceptors (Lipinski definition) is 3. The minimum Gasteiger partial charge on any atom is -0.465 e. The number of carboxylic acid groups (broad SMARTS) is 1. The van der Waals surface area contributed by atoms with Crippen molar-refractivity contribution in [2.45, 2.75) is 6.92 Å². The van der Waals surface area contributed by atoms with Gasteiger partial charge in [0, 0.05) is 6.20 Å². The van der Waals surface area contributed by atoms with E-state index in [1.165, 1.54) is 0 Å². The van der Waals surface area contributed by atoms with E-state index in [1.807, 2.05) is 6.07 Å². The standard InChI is InChI=1S/C10H8N4O2/c1-6-5-14-7(4-12-6)2-8(9(14)3-11)13-10(15)16/h2,4-5,13H,1H3,(H,15,16). The van der Waals surface area contributed by atoms with Crippen molar-refractivity contribution in [3.63, 3.8) is 0 Å². The van der Waals surface area contributed by atoms with Crippen molar-refractivity contribution in [3.05, 3.63) is 29.8 Å². The number of amides is 1. The van der Waals surface area contributed by atoms with Crippen molar-refractivity contribution in [3.8, 4) is 6.07 Å². The molecule has 6 nitrogen and oxygen atoms in total. The number of rotatable bonds is 1. The van der Waals surface area contributed by atoms with Crippen LogP contribution in [0.1, 0.15) is 11.4 Å². The van der Waals surface area contributed by atoms with Crippen LogP contribution in [-0.2, 0) is 0 Å². The molecular weight excluding hydrogens is 208 g/mol. The van der Waals surface area contributed by atoms with Gasteiger partial charge in [0.05, 0.1) is 23.1 Å². The lowest BCUT2D eigenvalue weighted by Gasteiger charge is -1.98. The molecule has 0 radical (unpaired) electrons. The van der Waals surface area contributed by atoms with Gasteiger partial charge in [-0.1, -0.05) is 0 Å². The van der Waals surface area contributed by atoms with Crippen molar-refractivity contribution in [1.29, 1.82) is 5.26 Å². The van der Waals surface area contributed by atoms with Crippen molar-refractivity contribution in [1.82, 2.24) is 9.38 Å². The Morgan fingerprint density at radius 3 is 3.06 bits per heavy atom. The van der Waals surface area contributed by atoms with Crippen LogP contribution in [0, 0.1) is 18.3 Å². The molecule has 0 spiro atoms. The number of nitriles is 1. The molecule has 16 heavy (non-hydrogen) atoms. The second-order valence-corrected chi connectivity index (χ2v) is 3.27. The van der Waals surface area contributed by atoms with Crippen LogP contribution in [0.4, 0.5) is 10.5 Å². The highest BCUT2D eigenvalue weighted by atomic mass is 16.4. The fourth-order valence-corrected chi connectivity index (χ4v) is 1.50. The lowest BCUT2D eigenvalue weighted by molar-refractivity contribution is 0.209. The summed E-state index contributed by atoms with van der Waals surface area (Å²) in [7, 11) is 0. The summed E-state index contributed by atoms with van der Waals surface area (Å²) >= 11 is 0. The van der Waals surface area contributed by atoms with E-state index in [4.69, 9.17) is 10.4 Å². The molecule has 6 heteroatoms. The van der Waals surface area contributed by atoms with Gasteiger partial charge in [-0.3, -0.25) is 10.3 Å². The molecule has 0 bridgehead atoms. The summed E-state index contributed by atoms with van der Waals surface area (Å²) in [5, 5.41) is 19.8. The Kier molecular flexibility index (Phi) is 2.21. The van der Waals surface area contributed by atoms with E-state index in [2.05, 4.69) is 10.3 Å². The van der Waals surface area contributed by atoms with E-state index in [9.17, 15) is 4.79 Å². The van der Waals surface area contributed by atoms with E-state index in [-0.39, 0.29) is 11.4 Å². The Bertz CT molecular complexity index is 609. The first-order chi connectivity index (χ1) is 7.61. The number of anilines is 1. The molecule has 0 saturated heterocycles. The lowest BCUT2D eigenvalue weighted by atomic mass is 10.4. The summed E-state index contributed by atoms with van der Waals surface area (Å²) in [5.74, 6) is 0. The van der Waals surface area contributed by atoms with Gasteiger partial charge >= 0.3 is 6.09 Å². The summed E-state index contributed by atoms with van der Waals surface area (Å²) in [6.07, 6.45) is 2.07. The molecule has 0 aliphatic rings. The predicted octanol–water partition coefficient (Wildman–Crippen LogP) is 1.60. The van der Waals surface area contributed by atoms with Crippen molar-refractivity contribution >= 4 is 17.3 Å². The zero-order chi connectivity index (χ0) is 11.7. The number of carbonyl (C=O) groups is 1. The highest BCUT2D eigenvalue weighted by Gasteiger charge is 2.11. The third kappa shape index (κ3) is 1.54. The quantitative estimate of drug-likeness (QED) is 0.757. The average Bonchev–Trinajstić information content (AvgIpc) is 2.53. The predicted molar refractivity (Wildman–Crippen MR) is 56.3 cm³/mol. The van der Waals surface area contributed by atoms with Crippen LogP contribution in [0.5, 0.6) is 0 Å². The van der Waals surface area contributed by atoms with Crippen molar-refractivity contribution < 1.29 is 9.90 Å². The fraction of sp³-hybridized carbons (Fsp3) is 0.100. The van der Waals surface area contributed by atoms with Gasteiger partial charge in [0.2, 0.25) is 0 Å². The topological polar surface area (TPSA) is 90.4 Å². The summed E-state index contributed by atoms with van der Waals surface area (Å²) in [4.78, 5) is 14.6. The van der Waals surface area contributed by atoms with E-state index in [0.717, 1.165) is 5.69 Å². The smallest absolute Gasteiger partial charge is 0.409 e. The van der Waals surface area contributed by atoms with E-state index >= 15 is 0 Å². The van der Waals surface area contributed by atoms with Gasteiger partial charge in [-0.05, 0) is 13.0 Å². The molecule has 2 aromatic rings. The molecule has 0 aliphatic carbocycles. The molecule has 0 saturated carbocycles. The summed E-state index contributed by atoms with van der Waals surface area (Å²) < 4.78 is 1.60. The monoisotopic (exact) mass is 216 g/mol. The highest BCUT2D eigenvalue weighted by molar-refractivity contribution is 5.86. The van der Waals surface area contributed by atoms with Crippen LogP contribution in [-0.4, -0.2) is 20.6 Å². The Labute approximate surface area is 90.8 Å². The maximum atomic E-state index is 10.5. The molecule has 0 atom stereocenters. The molecule has 0 aliphatic heterocycles. The third-order valence-electron chi connectivity index (χ3n) is 2.13. The lowest BCUT2D eigenvalue weighted by Crippen LogP contribution is -2.07. The molecule has 0 unspecified atom stereocenters. The Morgan fingerprint density at radius 1 is 1.69 bits per heavy atom. The van der Waals surface area contributed by atoms with E-state index in [1.54, 1.807) is 29.8 Å². The van der Waals surface area contributed by atoms with Gasteiger partial charge < -0.3 is 9.51 Å². The highest BCUT2D eigenvalue weighted by Crippen LogP contribution is 2.20. The van der Waals surface area contributed by atoms with Gasteiger partial charge in [-0.15, -0.1) is 0 Å². The number of aryl methyl sites for hydroxylation is 1. The van der Waals surface area contributed by atoms with Crippen LogP contribution in [0.2, 0.25) is 0 Å². The van der Waals surface area contributed by atoms with Crippen LogP contribution in [0.25, 0.3) is 5.52 Å². The third-order valence-corrected chi connectivity index (χ3v) is 2.13. The first kappa shape index (κ1) is 9.98. The van der Waals surface area contributed by atoms with E-state index < -0.39 is 6.09 Å². The van der Waals surface area contributed by atoms with Crippen molar-refractivity contribution in [2.75, 3.05) is 5.32 Å². The first-order valence-corrected chi connectivity index (χ1v) is 4.49. The molecule has 2 rings (SSSR count). The number of aromatic nitrogens is 2. The SMILES string of the molecule is Cc1cn2c(C#N)c(NC(=O)O)cc2cn1. The second kappa shape index (κ2) is 3.55. The minimum atomic E-state index is -1.20. The molecule has 2 aromatic heterocycles. The average molecular weight is 216 g/mol. The Balaban J connectivity index is 2.68. The number of nitrogens with one attached hydrogen (secondary N) is 1. The van der Waals surface area contributed by atoms with Gasteiger partial charge in [-0.25, -0.2) is 4.79 Å². The minimum absolute atomic E-state index is 0.253. The molecule has 0 fully saturated rings. The molecule has 2 heterocycles. The first-order valence-electron chi connectivity index (χ1n) is 4.49. The van der Waals surface area contributed by atoms with Gasteiger partial charge in [0.1, 0.15) is 11.8 Å². The molecular formula is C10H8N4O2. The van der Waals surface area contributed by atoms with Crippen LogP contribution >= 0.6 is 0 Å². The van der Waals surface area contributed by atoms with Gasteiger partial charge in [0.15, 0.2) is 0 Å². The number of hydrogen-bond donors (Lipinski definition) is 2. The Hall–Kier alpha value is -2.55. The normalized spacial score (nSPS) is 10.0. The summed E-state index contributed by atoms with van der Waals surface area (Å²) in [6.45, 7) is 1.80. The zero-order valence-corrected chi connectivity index (χ0v) is 8.43. The summed E-state index contributed by atoms with van der Waals surface area (Å²) in [5.41, 5.74) is 1.94. The second-order valence-electron chi connectivity index (χ2n) is 3.27. The molecule has 1 amide bonds. The molecule has 2 N–H and O–H groups in total. The molecule has 80 valence electrons. The van der Waals surface area contributed by atoms with Gasteiger partial charge in [-0.2, -0.15) is 5.26 Å². The molecule has 0 aromatic carbocycles. The largest absolute Gasteiger partial charge is 0.465 e. The summed E-state index contributed by atoms with van der Waals surface area (Å²) in [6, 6.07) is 3.53. The van der Waals surface area contributed by atoms with Crippen molar-refractivity contribution in [2.24, 2.45) is 0 Å². The van der Waals surface area contributed by atoms with Crippen LogP contribution in [0.3, 0.4) is 0 Å². The maximum absolute atomic E-state index is 10.5. The van der Waals surface area contributed by atoms with Crippen LogP contribution < -0.4 is 5.32 Å². The maximum Gasteiger partial charge on any atom is 0.409 e. The fourth-order valence-electron chi connectivity index (χ4n) is 1.50. The van der Waals surface area contributed by atoms with E-state index in [0.29, 0.717) is 5.52 Å².